The number of rotatable bonds is 3. The van der Waals surface area contributed by atoms with Gasteiger partial charge in [-0.3, -0.25) is 4.79 Å². The molecule has 1 aliphatic carbocycles. The molecule has 2 rings (SSSR count). The summed E-state index contributed by atoms with van der Waals surface area (Å²) in [5.41, 5.74) is 2.16. The van der Waals surface area contributed by atoms with Crippen LogP contribution in [0.3, 0.4) is 0 Å². The molecule has 1 N–H and O–H groups in total. The molecule has 1 aliphatic rings. The van der Waals surface area contributed by atoms with Gasteiger partial charge in [0, 0.05) is 33.0 Å². The van der Waals surface area contributed by atoms with Crippen LogP contribution < -0.4 is 5.32 Å². The van der Waals surface area contributed by atoms with Crippen LogP contribution in [0.5, 0.6) is 0 Å². The second kappa shape index (κ2) is 7.24. The van der Waals surface area contributed by atoms with Crippen molar-refractivity contribution in [1.82, 2.24) is 5.32 Å². The van der Waals surface area contributed by atoms with Gasteiger partial charge in [0.1, 0.15) is 0 Å². The standard InChI is InChI=1S/C16H22NO.W/c1-13-8-4-5-9-14(13)12-15(18)17-16(2)10-6-3-7-11-16;/h4-5,8H,3,6-7,10-12H2,1-2H3,(H,17,18);/q-1;. The van der Waals surface area contributed by atoms with Crippen molar-refractivity contribution >= 4 is 5.91 Å². The first-order valence-corrected chi connectivity index (χ1v) is 6.86. The van der Waals surface area contributed by atoms with Crippen LogP contribution in [-0.2, 0) is 32.3 Å². The van der Waals surface area contributed by atoms with Gasteiger partial charge < -0.3 is 5.32 Å². The van der Waals surface area contributed by atoms with Gasteiger partial charge in [0.2, 0.25) is 5.91 Å². The van der Waals surface area contributed by atoms with Crippen molar-refractivity contribution in [3.8, 4) is 0 Å². The predicted molar refractivity (Wildman–Crippen MR) is 73.4 cm³/mol. The molecule has 0 atom stereocenters. The zero-order valence-corrected chi connectivity index (χ0v) is 14.7. The van der Waals surface area contributed by atoms with Crippen molar-refractivity contribution in [3.63, 3.8) is 0 Å². The monoisotopic (exact) mass is 428 g/mol. The van der Waals surface area contributed by atoms with Gasteiger partial charge >= 0.3 is 0 Å². The molecule has 1 fully saturated rings. The Morgan fingerprint density at radius 3 is 2.68 bits per heavy atom. The number of aryl methyl sites for hydroxylation is 1. The van der Waals surface area contributed by atoms with Crippen LogP contribution in [0, 0.1) is 13.0 Å². The molecular weight excluding hydrogens is 406 g/mol. The molecular formula is C16H22NOW-. The number of carbonyl (C=O) groups is 1. The minimum absolute atomic E-state index is 0. The Hall–Kier alpha value is -0.622. The van der Waals surface area contributed by atoms with E-state index < -0.39 is 0 Å². The zero-order chi connectivity index (χ0) is 13.0. The SMILES string of the molecule is Cc1ccc[c-]c1CC(=O)NC1(C)CCCCC1.[W]. The average molecular weight is 428 g/mol. The van der Waals surface area contributed by atoms with Crippen molar-refractivity contribution in [2.75, 3.05) is 0 Å². The normalized spacial score (nSPS) is 17.4. The van der Waals surface area contributed by atoms with E-state index in [-0.39, 0.29) is 32.5 Å². The molecule has 0 aromatic heterocycles. The van der Waals surface area contributed by atoms with E-state index >= 15 is 0 Å². The predicted octanol–water partition coefficient (Wildman–Crippen LogP) is 3.17. The fourth-order valence-corrected chi connectivity index (χ4v) is 2.74. The molecule has 1 aromatic rings. The Morgan fingerprint density at radius 1 is 1.37 bits per heavy atom. The molecule has 1 aromatic carbocycles. The van der Waals surface area contributed by atoms with Gasteiger partial charge in [0.05, 0.1) is 0 Å². The van der Waals surface area contributed by atoms with Gasteiger partial charge in [-0.2, -0.15) is 35.4 Å². The minimum Gasteiger partial charge on any atom is -0.351 e. The maximum absolute atomic E-state index is 12.1. The van der Waals surface area contributed by atoms with Gasteiger partial charge in [-0.1, -0.05) is 26.2 Å². The van der Waals surface area contributed by atoms with E-state index in [9.17, 15) is 4.79 Å². The average Bonchev–Trinajstić information content (AvgIpc) is 2.32. The third kappa shape index (κ3) is 4.76. The number of hydrogen-bond acceptors (Lipinski definition) is 1. The van der Waals surface area contributed by atoms with Gasteiger partial charge in [-0.15, -0.1) is 0 Å². The number of amides is 1. The summed E-state index contributed by atoms with van der Waals surface area (Å²) in [6, 6.07) is 9.02. The second-order valence-corrected chi connectivity index (χ2v) is 5.68. The van der Waals surface area contributed by atoms with Gasteiger partial charge in [0.25, 0.3) is 0 Å². The van der Waals surface area contributed by atoms with Crippen LogP contribution in [0.4, 0.5) is 0 Å². The van der Waals surface area contributed by atoms with E-state index in [4.69, 9.17) is 0 Å². The molecule has 0 saturated heterocycles. The van der Waals surface area contributed by atoms with Crippen molar-refractivity contribution < 1.29 is 25.9 Å². The molecule has 0 heterocycles. The Kier molecular flexibility index (Phi) is 6.26. The summed E-state index contributed by atoms with van der Waals surface area (Å²) < 4.78 is 0. The van der Waals surface area contributed by atoms with Crippen molar-refractivity contribution in [1.29, 1.82) is 0 Å². The van der Waals surface area contributed by atoms with E-state index in [1.54, 1.807) is 0 Å². The number of nitrogens with one attached hydrogen (secondary N) is 1. The Balaban J connectivity index is 0.00000180. The summed E-state index contributed by atoms with van der Waals surface area (Å²) >= 11 is 0. The largest absolute Gasteiger partial charge is 0.351 e. The van der Waals surface area contributed by atoms with Crippen LogP contribution in [-0.4, -0.2) is 11.4 Å². The molecule has 2 nitrogen and oxygen atoms in total. The van der Waals surface area contributed by atoms with Crippen molar-refractivity contribution in [2.24, 2.45) is 0 Å². The molecule has 3 heteroatoms. The summed E-state index contributed by atoms with van der Waals surface area (Å²) in [4.78, 5) is 12.1. The van der Waals surface area contributed by atoms with Crippen LogP contribution >= 0.6 is 0 Å². The van der Waals surface area contributed by atoms with Crippen molar-refractivity contribution in [3.05, 3.63) is 35.4 Å². The maximum Gasteiger partial charge on any atom is 0.222 e. The number of hydrogen-bond donors (Lipinski definition) is 1. The van der Waals surface area contributed by atoms with Crippen molar-refractivity contribution in [2.45, 2.75) is 57.9 Å². The number of carbonyl (C=O) groups excluding carboxylic acids is 1. The van der Waals surface area contributed by atoms with E-state index in [1.165, 1.54) is 19.3 Å². The fourth-order valence-electron chi connectivity index (χ4n) is 2.74. The second-order valence-electron chi connectivity index (χ2n) is 5.68. The summed E-state index contributed by atoms with van der Waals surface area (Å²) in [5.74, 6) is 0.130. The maximum atomic E-state index is 12.1. The first-order valence-electron chi connectivity index (χ1n) is 6.86. The summed E-state index contributed by atoms with van der Waals surface area (Å²) in [7, 11) is 0. The van der Waals surface area contributed by atoms with Gasteiger partial charge in [0.15, 0.2) is 0 Å². The zero-order valence-electron chi connectivity index (χ0n) is 11.8. The first kappa shape index (κ1) is 16.4. The quantitative estimate of drug-likeness (QED) is 0.737. The molecule has 0 spiro atoms. The Bertz CT molecular complexity index is 425. The molecule has 19 heavy (non-hydrogen) atoms. The topological polar surface area (TPSA) is 29.1 Å². The summed E-state index contributed by atoms with van der Waals surface area (Å²) in [5, 5.41) is 3.21. The van der Waals surface area contributed by atoms with E-state index in [2.05, 4.69) is 18.3 Å². The molecule has 1 saturated carbocycles. The fraction of sp³-hybridized carbons (Fsp3) is 0.562. The Morgan fingerprint density at radius 2 is 2.05 bits per heavy atom. The van der Waals surface area contributed by atoms with Crippen LogP contribution in [0.25, 0.3) is 0 Å². The summed E-state index contributed by atoms with van der Waals surface area (Å²) in [6.07, 6.45) is 6.42. The van der Waals surface area contributed by atoms with Gasteiger partial charge in [-0.05, 0) is 19.8 Å². The van der Waals surface area contributed by atoms with Crippen LogP contribution in [0.15, 0.2) is 18.2 Å². The van der Waals surface area contributed by atoms with Crippen LogP contribution in [0.1, 0.15) is 50.2 Å². The molecule has 0 bridgehead atoms. The Labute approximate surface area is 130 Å². The molecule has 104 valence electrons. The van der Waals surface area contributed by atoms with E-state index in [0.29, 0.717) is 6.42 Å². The third-order valence-corrected chi connectivity index (χ3v) is 3.91. The molecule has 0 unspecified atom stereocenters. The molecule has 0 aliphatic heterocycles. The first-order chi connectivity index (χ1) is 8.59. The molecule has 1 amide bonds. The minimum atomic E-state index is 0. The van der Waals surface area contributed by atoms with Crippen LogP contribution in [0.2, 0.25) is 0 Å². The van der Waals surface area contributed by atoms with E-state index in [0.717, 1.165) is 24.0 Å². The van der Waals surface area contributed by atoms with Gasteiger partial charge in [-0.25, -0.2) is 0 Å². The number of benzene rings is 1. The summed E-state index contributed by atoms with van der Waals surface area (Å²) in [6.45, 7) is 4.20. The van der Waals surface area contributed by atoms with E-state index in [1.807, 2.05) is 25.1 Å². The smallest absolute Gasteiger partial charge is 0.222 e. The molecule has 0 radical (unpaired) electrons. The third-order valence-electron chi connectivity index (χ3n) is 3.91.